The maximum atomic E-state index is 11.3. The Morgan fingerprint density at radius 3 is 2.75 bits per heavy atom. The molecule has 0 bridgehead atoms. The second kappa shape index (κ2) is 5.30. The molecule has 0 aliphatic carbocycles. The van der Waals surface area contributed by atoms with E-state index >= 15 is 0 Å². The molecule has 0 fully saturated rings. The number of benzene rings is 1. The van der Waals surface area contributed by atoms with Gasteiger partial charge in [-0.25, -0.2) is 4.79 Å². The number of aliphatic carboxylic acids is 1. The van der Waals surface area contributed by atoms with Gasteiger partial charge in [-0.2, -0.15) is 0 Å². The van der Waals surface area contributed by atoms with E-state index < -0.39 is 11.5 Å². The van der Waals surface area contributed by atoms with Crippen molar-refractivity contribution in [1.29, 1.82) is 0 Å². The minimum Gasteiger partial charge on any atom is -0.480 e. The van der Waals surface area contributed by atoms with Crippen molar-refractivity contribution < 1.29 is 15.0 Å². The molecule has 1 aromatic rings. The molecule has 1 rings (SSSR count). The Kier molecular flexibility index (Phi) is 4.29. The molecule has 88 valence electrons. The molecule has 1 atom stereocenters. The Hall–Kier alpha value is -1.10. The first-order valence-corrected chi connectivity index (χ1v) is 5.24. The van der Waals surface area contributed by atoms with Crippen molar-refractivity contribution in [2.75, 3.05) is 13.2 Å². The monoisotopic (exact) mass is 243 g/mol. The van der Waals surface area contributed by atoms with Gasteiger partial charge in [0.05, 0.1) is 6.61 Å². The highest BCUT2D eigenvalue weighted by Gasteiger charge is 2.34. The van der Waals surface area contributed by atoms with Crippen molar-refractivity contribution in [1.82, 2.24) is 5.32 Å². The summed E-state index contributed by atoms with van der Waals surface area (Å²) in [6, 6.07) is 6.66. The number of nitrogens with one attached hydrogen (secondary N) is 1. The van der Waals surface area contributed by atoms with Gasteiger partial charge in [0, 0.05) is 11.6 Å². The van der Waals surface area contributed by atoms with Crippen LogP contribution in [0.25, 0.3) is 0 Å². The first-order valence-electron chi connectivity index (χ1n) is 4.86. The van der Waals surface area contributed by atoms with Crippen LogP contribution in [0, 0.1) is 0 Å². The number of hydrogen-bond acceptors (Lipinski definition) is 3. The molecule has 0 spiro atoms. The smallest absolute Gasteiger partial charge is 0.328 e. The third-order valence-electron chi connectivity index (χ3n) is 2.42. The van der Waals surface area contributed by atoms with Gasteiger partial charge in [-0.15, -0.1) is 0 Å². The van der Waals surface area contributed by atoms with Gasteiger partial charge >= 0.3 is 5.97 Å². The van der Waals surface area contributed by atoms with Crippen LogP contribution < -0.4 is 5.32 Å². The van der Waals surface area contributed by atoms with Crippen LogP contribution >= 0.6 is 11.6 Å². The fourth-order valence-corrected chi connectivity index (χ4v) is 1.60. The van der Waals surface area contributed by atoms with E-state index in [1.165, 1.54) is 6.92 Å². The highest BCUT2D eigenvalue weighted by atomic mass is 35.5. The predicted molar refractivity (Wildman–Crippen MR) is 61.5 cm³/mol. The average molecular weight is 244 g/mol. The van der Waals surface area contributed by atoms with Crippen molar-refractivity contribution in [2.45, 2.75) is 12.5 Å². The van der Waals surface area contributed by atoms with Crippen LogP contribution in [0.15, 0.2) is 24.3 Å². The first-order chi connectivity index (χ1) is 7.50. The van der Waals surface area contributed by atoms with E-state index in [1.54, 1.807) is 24.3 Å². The Balaban J connectivity index is 3.06. The Morgan fingerprint density at radius 2 is 2.25 bits per heavy atom. The van der Waals surface area contributed by atoms with Crippen molar-refractivity contribution >= 4 is 17.6 Å². The normalized spacial score (nSPS) is 14.4. The largest absolute Gasteiger partial charge is 0.480 e. The topological polar surface area (TPSA) is 69.6 Å². The van der Waals surface area contributed by atoms with Crippen LogP contribution in [-0.4, -0.2) is 29.3 Å². The molecule has 0 amide bonds. The average Bonchev–Trinajstić information content (AvgIpc) is 2.25. The van der Waals surface area contributed by atoms with Crippen molar-refractivity contribution in [3.63, 3.8) is 0 Å². The van der Waals surface area contributed by atoms with Crippen LogP contribution in [-0.2, 0) is 10.3 Å². The fourth-order valence-electron chi connectivity index (χ4n) is 1.41. The maximum Gasteiger partial charge on any atom is 0.328 e. The summed E-state index contributed by atoms with van der Waals surface area (Å²) in [6.07, 6.45) is 0. The molecular formula is C11H14ClNO3. The lowest BCUT2D eigenvalue weighted by Gasteiger charge is -2.26. The third-order valence-corrected chi connectivity index (χ3v) is 2.66. The minimum atomic E-state index is -1.24. The number of carbonyl (C=O) groups is 1. The van der Waals surface area contributed by atoms with Crippen molar-refractivity contribution in [3.8, 4) is 0 Å². The lowest BCUT2D eigenvalue weighted by Crippen LogP contribution is -2.47. The molecule has 0 aromatic heterocycles. The molecule has 0 radical (unpaired) electrons. The molecule has 4 nitrogen and oxygen atoms in total. The molecule has 0 heterocycles. The SMILES string of the molecule is CC(NCCO)(C(=O)O)c1cccc(Cl)c1. The number of hydrogen-bond donors (Lipinski definition) is 3. The molecule has 0 aliphatic rings. The summed E-state index contributed by atoms with van der Waals surface area (Å²) in [5.74, 6) is -1.01. The predicted octanol–water partition coefficient (Wildman–Crippen LogP) is 1.22. The molecule has 1 unspecified atom stereocenters. The van der Waals surface area contributed by atoms with Crippen LogP contribution in [0.2, 0.25) is 5.02 Å². The number of carboxylic acid groups (broad SMARTS) is 1. The van der Waals surface area contributed by atoms with E-state index in [4.69, 9.17) is 16.7 Å². The van der Waals surface area contributed by atoms with Crippen LogP contribution in [0.1, 0.15) is 12.5 Å². The van der Waals surface area contributed by atoms with E-state index in [0.29, 0.717) is 10.6 Å². The zero-order chi connectivity index (χ0) is 12.2. The van der Waals surface area contributed by atoms with Gasteiger partial charge in [0.15, 0.2) is 0 Å². The maximum absolute atomic E-state index is 11.3. The summed E-state index contributed by atoms with van der Waals surface area (Å²) in [4.78, 5) is 11.3. The van der Waals surface area contributed by atoms with Gasteiger partial charge in [0.2, 0.25) is 0 Å². The Morgan fingerprint density at radius 1 is 1.56 bits per heavy atom. The minimum absolute atomic E-state index is 0.122. The van der Waals surface area contributed by atoms with Gasteiger partial charge in [0.25, 0.3) is 0 Å². The van der Waals surface area contributed by atoms with Crippen LogP contribution in [0.3, 0.4) is 0 Å². The molecule has 1 aromatic carbocycles. The van der Waals surface area contributed by atoms with Crippen LogP contribution in [0.4, 0.5) is 0 Å². The van der Waals surface area contributed by atoms with E-state index in [-0.39, 0.29) is 13.2 Å². The van der Waals surface area contributed by atoms with E-state index in [1.807, 2.05) is 0 Å². The zero-order valence-electron chi connectivity index (χ0n) is 8.90. The summed E-state index contributed by atoms with van der Waals surface area (Å²) in [7, 11) is 0. The Labute approximate surface area is 98.9 Å². The summed E-state index contributed by atoms with van der Waals surface area (Å²) < 4.78 is 0. The van der Waals surface area contributed by atoms with Crippen molar-refractivity contribution in [2.24, 2.45) is 0 Å². The standard InChI is InChI=1S/C11H14ClNO3/c1-11(10(15)16,13-5-6-14)8-3-2-4-9(12)7-8/h2-4,7,13-14H,5-6H2,1H3,(H,15,16). The molecule has 5 heteroatoms. The third kappa shape index (κ3) is 2.72. The first kappa shape index (κ1) is 13.0. The fraction of sp³-hybridized carbons (Fsp3) is 0.364. The number of aliphatic hydroxyl groups excluding tert-OH is 1. The summed E-state index contributed by atoms with van der Waals surface area (Å²) >= 11 is 5.82. The molecule has 0 saturated carbocycles. The molecule has 0 aliphatic heterocycles. The molecule has 0 saturated heterocycles. The molecular weight excluding hydrogens is 230 g/mol. The van der Waals surface area contributed by atoms with Crippen molar-refractivity contribution in [3.05, 3.63) is 34.9 Å². The highest BCUT2D eigenvalue weighted by Crippen LogP contribution is 2.23. The number of aliphatic hydroxyl groups is 1. The second-order valence-electron chi connectivity index (χ2n) is 3.59. The van der Waals surface area contributed by atoms with E-state index in [0.717, 1.165) is 0 Å². The summed E-state index contributed by atoms with van der Waals surface area (Å²) in [6.45, 7) is 1.62. The Bertz CT molecular complexity index is 383. The number of carboxylic acids is 1. The van der Waals surface area contributed by atoms with Crippen LogP contribution in [0.5, 0.6) is 0 Å². The lowest BCUT2D eigenvalue weighted by molar-refractivity contribution is -0.144. The van der Waals surface area contributed by atoms with Gasteiger partial charge in [0.1, 0.15) is 5.54 Å². The van der Waals surface area contributed by atoms with Gasteiger partial charge in [-0.05, 0) is 24.6 Å². The van der Waals surface area contributed by atoms with E-state index in [2.05, 4.69) is 5.32 Å². The van der Waals surface area contributed by atoms with Gasteiger partial charge in [-0.1, -0.05) is 23.7 Å². The number of rotatable bonds is 5. The number of halogens is 1. The zero-order valence-corrected chi connectivity index (χ0v) is 9.66. The van der Waals surface area contributed by atoms with Gasteiger partial charge in [-0.3, -0.25) is 5.32 Å². The molecule has 3 N–H and O–H groups in total. The second-order valence-corrected chi connectivity index (χ2v) is 4.03. The highest BCUT2D eigenvalue weighted by molar-refractivity contribution is 6.30. The summed E-state index contributed by atoms with van der Waals surface area (Å²) in [5, 5.41) is 21.2. The van der Waals surface area contributed by atoms with E-state index in [9.17, 15) is 9.90 Å². The quantitative estimate of drug-likeness (QED) is 0.727. The summed E-state index contributed by atoms with van der Waals surface area (Å²) in [5.41, 5.74) is -0.686. The molecule has 16 heavy (non-hydrogen) atoms. The van der Waals surface area contributed by atoms with Gasteiger partial charge < -0.3 is 10.2 Å². The lowest BCUT2D eigenvalue weighted by atomic mass is 9.92.